The van der Waals surface area contributed by atoms with Crippen LogP contribution in [0.1, 0.15) is 29.5 Å². The maximum atomic E-state index is 5.89. The Morgan fingerprint density at radius 2 is 2.21 bits per heavy atom. The van der Waals surface area contributed by atoms with Crippen molar-refractivity contribution < 1.29 is 0 Å². The van der Waals surface area contributed by atoms with Crippen molar-refractivity contribution in [3.05, 3.63) is 16.8 Å². The zero-order chi connectivity index (χ0) is 9.71. The van der Waals surface area contributed by atoms with E-state index in [2.05, 4.69) is 23.0 Å². The molecule has 1 aliphatic carbocycles. The van der Waals surface area contributed by atoms with E-state index in [0.29, 0.717) is 11.7 Å². The Kier molecular flexibility index (Phi) is 1.56. The molecule has 0 amide bonds. The highest BCUT2D eigenvalue weighted by molar-refractivity contribution is 7.18. The zero-order valence-corrected chi connectivity index (χ0v) is 8.77. The van der Waals surface area contributed by atoms with E-state index in [0.717, 1.165) is 16.0 Å². The predicted octanol–water partition coefficient (Wildman–Crippen LogP) is 2.46. The molecule has 1 fully saturated rings. The molecule has 2 aromatic heterocycles. The number of nitrogen functional groups attached to an aromatic ring is 1. The molecular formula is C10H11N3S. The van der Waals surface area contributed by atoms with Crippen molar-refractivity contribution in [3.63, 3.8) is 0 Å². The Hall–Kier alpha value is -1.16. The van der Waals surface area contributed by atoms with Crippen LogP contribution in [0.2, 0.25) is 0 Å². The van der Waals surface area contributed by atoms with Crippen molar-refractivity contribution in [1.29, 1.82) is 0 Å². The third-order valence-electron chi connectivity index (χ3n) is 2.51. The minimum absolute atomic E-state index is 0.573. The summed E-state index contributed by atoms with van der Waals surface area (Å²) in [6.07, 6.45) is 2.44. The molecule has 0 aromatic carbocycles. The van der Waals surface area contributed by atoms with Crippen molar-refractivity contribution in [2.45, 2.75) is 25.7 Å². The van der Waals surface area contributed by atoms with Crippen LogP contribution in [-0.2, 0) is 0 Å². The van der Waals surface area contributed by atoms with Crippen LogP contribution in [0.15, 0.2) is 6.07 Å². The van der Waals surface area contributed by atoms with Crippen molar-refractivity contribution in [2.75, 3.05) is 5.73 Å². The van der Waals surface area contributed by atoms with Crippen LogP contribution in [0.25, 0.3) is 10.2 Å². The van der Waals surface area contributed by atoms with Crippen molar-refractivity contribution in [3.8, 4) is 0 Å². The molecule has 0 unspecified atom stereocenters. The van der Waals surface area contributed by atoms with Crippen LogP contribution >= 0.6 is 11.3 Å². The Morgan fingerprint density at radius 3 is 2.93 bits per heavy atom. The highest BCUT2D eigenvalue weighted by Crippen LogP contribution is 2.39. The molecule has 0 aliphatic heterocycles. The minimum Gasteiger partial charge on any atom is -0.383 e. The van der Waals surface area contributed by atoms with E-state index in [-0.39, 0.29) is 0 Å². The number of rotatable bonds is 1. The summed E-state index contributed by atoms with van der Waals surface area (Å²) < 4.78 is 0. The first-order valence-electron chi connectivity index (χ1n) is 4.77. The molecule has 72 valence electrons. The smallest absolute Gasteiger partial charge is 0.135 e. The Labute approximate surface area is 86.0 Å². The Balaban J connectivity index is 2.26. The van der Waals surface area contributed by atoms with Crippen LogP contribution in [0.3, 0.4) is 0 Å². The summed E-state index contributed by atoms with van der Waals surface area (Å²) in [4.78, 5) is 11.2. The van der Waals surface area contributed by atoms with Crippen molar-refractivity contribution >= 4 is 27.4 Å². The molecule has 2 N–H and O–H groups in total. The molecular weight excluding hydrogens is 194 g/mol. The van der Waals surface area contributed by atoms with Gasteiger partial charge in [-0.1, -0.05) is 0 Å². The van der Waals surface area contributed by atoms with Gasteiger partial charge in [-0.15, -0.1) is 11.3 Å². The number of hydrogen-bond acceptors (Lipinski definition) is 4. The topological polar surface area (TPSA) is 51.8 Å². The Bertz CT molecular complexity index is 499. The number of nitrogens with zero attached hydrogens (tertiary/aromatic N) is 2. The lowest BCUT2D eigenvalue weighted by atomic mass is 10.3. The van der Waals surface area contributed by atoms with Gasteiger partial charge in [0.25, 0.3) is 0 Å². The monoisotopic (exact) mass is 205 g/mol. The lowest BCUT2D eigenvalue weighted by Crippen LogP contribution is -1.97. The van der Waals surface area contributed by atoms with E-state index in [9.17, 15) is 0 Å². The third kappa shape index (κ3) is 1.18. The number of hydrogen-bond donors (Lipinski definition) is 1. The highest BCUT2D eigenvalue weighted by Gasteiger charge is 2.27. The summed E-state index contributed by atoms with van der Waals surface area (Å²) in [7, 11) is 0. The summed E-state index contributed by atoms with van der Waals surface area (Å²) in [5.41, 5.74) is 5.89. The van der Waals surface area contributed by atoms with Gasteiger partial charge in [-0.25, -0.2) is 9.97 Å². The van der Waals surface area contributed by atoms with Gasteiger partial charge in [0.2, 0.25) is 0 Å². The number of thiophene rings is 1. The van der Waals surface area contributed by atoms with Gasteiger partial charge in [0, 0.05) is 10.8 Å². The summed E-state index contributed by atoms with van der Waals surface area (Å²) >= 11 is 1.69. The average Bonchev–Trinajstić information content (AvgIpc) is 2.89. The molecule has 2 heterocycles. The second-order valence-electron chi connectivity index (χ2n) is 3.82. The third-order valence-corrected chi connectivity index (χ3v) is 3.45. The number of aryl methyl sites for hydroxylation is 1. The molecule has 3 rings (SSSR count). The molecule has 0 saturated heterocycles. The molecule has 0 radical (unpaired) electrons. The van der Waals surface area contributed by atoms with Gasteiger partial charge >= 0.3 is 0 Å². The number of aromatic nitrogens is 2. The second-order valence-corrected chi connectivity index (χ2v) is 5.05. The summed E-state index contributed by atoms with van der Waals surface area (Å²) in [5, 5.41) is 1.01. The molecule has 1 aliphatic rings. The highest BCUT2D eigenvalue weighted by atomic mass is 32.1. The van der Waals surface area contributed by atoms with Gasteiger partial charge < -0.3 is 5.73 Å². The molecule has 1 saturated carbocycles. The molecule has 0 atom stereocenters. The average molecular weight is 205 g/mol. The van der Waals surface area contributed by atoms with Crippen LogP contribution in [0.4, 0.5) is 5.82 Å². The first-order chi connectivity index (χ1) is 6.74. The van der Waals surface area contributed by atoms with Gasteiger partial charge in [0.1, 0.15) is 16.5 Å². The second kappa shape index (κ2) is 2.67. The number of anilines is 1. The maximum Gasteiger partial charge on any atom is 0.135 e. The predicted molar refractivity (Wildman–Crippen MR) is 58.5 cm³/mol. The van der Waals surface area contributed by atoms with Gasteiger partial charge in [-0.05, 0) is 25.8 Å². The van der Waals surface area contributed by atoms with E-state index < -0.39 is 0 Å². The first kappa shape index (κ1) is 8.17. The maximum absolute atomic E-state index is 5.89. The van der Waals surface area contributed by atoms with E-state index in [1.54, 1.807) is 11.3 Å². The molecule has 2 aromatic rings. The summed E-state index contributed by atoms with van der Waals surface area (Å²) in [6.45, 7) is 2.07. The normalized spacial score (nSPS) is 16.4. The van der Waals surface area contributed by atoms with Crippen molar-refractivity contribution in [1.82, 2.24) is 9.97 Å². The standard InChI is InChI=1S/C10H11N3S/c1-5-4-7-8(11)12-9(6-2-3-6)13-10(7)14-5/h4,6H,2-3H2,1H3,(H2,11,12,13). The zero-order valence-electron chi connectivity index (χ0n) is 7.95. The van der Waals surface area contributed by atoms with Crippen molar-refractivity contribution in [2.24, 2.45) is 0 Å². The minimum atomic E-state index is 0.573. The Morgan fingerprint density at radius 1 is 1.43 bits per heavy atom. The fraction of sp³-hybridized carbons (Fsp3) is 0.400. The fourth-order valence-corrected chi connectivity index (χ4v) is 2.50. The largest absolute Gasteiger partial charge is 0.383 e. The molecule has 0 bridgehead atoms. The summed E-state index contributed by atoms with van der Waals surface area (Å²) in [5.74, 6) is 2.15. The van der Waals surface area contributed by atoms with Crippen LogP contribution < -0.4 is 5.73 Å². The summed E-state index contributed by atoms with van der Waals surface area (Å²) in [6, 6.07) is 2.06. The molecule has 4 heteroatoms. The van der Waals surface area contributed by atoms with Crippen LogP contribution in [0, 0.1) is 6.92 Å². The van der Waals surface area contributed by atoms with E-state index in [1.807, 2.05) is 0 Å². The van der Waals surface area contributed by atoms with Crippen LogP contribution in [0.5, 0.6) is 0 Å². The molecule has 0 spiro atoms. The molecule has 3 nitrogen and oxygen atoms in total. The fourth-order valence-electron chi connectivity index (χ4n) is 1.61. The van der Waals surface area contributed by atoms with Gasteiger partial charge in [-0.2, -0.15) is 0 Å². The van der Waals surface area contributed by atoms with E-state index >= 15 is 0 Å². The van der Waals surface area contributed by atoms with E-state index in [1.165, 1.54) is 17.7 Å². The SMILES string of the molecule is Cc1cc2c(N)nc(C3CC3)nc2s1. The lowest BCUT2D eigenvalue weighted by Gasteiger charge is -1.99. The number of fused-ring (bicyclic) bond motifs is 1. The van der Waals surface area contributed by atoms with Gasteiger partial charge in [0.15, 0.2) is 0 Å². The van der Waals surface area contributed by atoms with E-state index in [4.69, 9.17) is 5.73 Å². The number of nitrogens with two attached hydrogens (primary N) is 1. The first-order valence-corrected chi connectivity index (χ1v) is 5.59. The van der Waals surface area contributed by atoms with Crippen LogP contribution in [-0.4, -0.2) is 9.97 Å². The lowest BCUT2D eigenvalue weighted by molar-refractivity contribution is 0.956. The molecule has 14 heavy (non-hydrogen) atoms. The quantitative estimate of drug-likeness (QED) is 0.778. The van der Waals surface area contributed by atoms with Gasteiger partial charge in [0.05, 0.1) is 5.39 Å². The van der Waals surface area contributed by atoms with Gasteiger partial charge in [-0.3, -0.25) is 0 Å².